The zero-order chi connectivity index (χ0) is 14.7. The Kier molecular flexibility index (Phi) is 5.30. The molecule has 0 N–H and O–H groups in total. The maximum Gasteiger partial charge on any atom is 0.270 e. The molecule has 1 aromatic rings. The molecule has 0 radical (unpaired) electrons. The number of carbonyl (C=O) groups is 1. The minimum absolute atomic E-state index is 0.201. The Balaban J connectivity index is 2.14. The van der Waals surface area contributed by atoms with Gasteiger partial charge in [0.1, 0.15) is 5.69 Å². The Bertz CT molecular complexity index is 463. The zero-order valence-corrected chi connectivity index (χ0v) is 14.3. The largest absolute Gasteiger partial charge is 0.342 e. The van der Waals surface area contributed by atoms with E-state index in [1.165, 1.54) is 12.8 Å². The van der Waals surface area contributed by atoms with Crippen LogP contribution in [0.3, 0.4) is 0 Å². The molecular weight excluding hydrogens is 316 g/mol. The van der Waals surface area contributed by atoms with Crippen molar-refractivity contribution >= 4 is 21.8 Å². The second kappa shape index (κ2) is 6.79. The summed E-state index contributed by atoms with van der Waals surface area (Å²) in [6.45, 7) is 8.35. The fraction of sp³-hybridized carbons (Fsp3) is 0.688. The fourth-order valence-electron chi connectivity index (χ4n) is 2.46. The molecule has 0 saturated heterocycles. The van der Waals surface area contributed by atoms with Gasteiger partial charge >= 0.3 is 0 Å². The summed E-state index contributed by atoms with van der Waals surface area (Å²) in [4.78, 5) is 14.9. The van der Waals surface area contributed by atoms with E-state index in [2.05, 4.69) is 46.2 Å². The summed E-state index contributed by atoms with van der Waals surface area (Å²) >= 11 is 3.49. The molecule has 0 bridgehead atoms. The smallest absolute Gasteiger partial charge is 0.270 e. The van der Waals surface area contributed by atoms with Gasteiger partial charge in [0.05, 0.1) is 0 Å². The number of hydrogen-bond acceptors (Lipinski definition) is 1. The summed E-state index contributed by atoms with van der Waals surface area (Å²) in [7, 11) is 0. The van der Waals surface area contributed by atoms with Gasteiger partial charge in [-0.1, -0.05) is 20.8 Å². The molecule has 112 valence electrons. The summed E-state index contributed by atoms with van der Waals surface area (Å²) in [5, 5.41) is 0. The van der Waals surface area contributed by atoms with Crippen LogP contribution < -0.4 is 0 Å². The monoisotopic (exact) mass is 340 g/mol. The maximum atomic E-state index is 12.8. The van der Waals surface area contributed by atoms with Crippen LogP contribution in [0.25, 0.3) is 0 Å². The van der Waals surface area contributed by atoms with E-state index in [0.717, 1.165) is 36.1 Å². The van der Waals surface area contributed by atoms with Crippen molar-refractivity contribution < 1.29 is 4.79 Å². The van der Waals surface area contributed by atoms with Gasteiger partial charge in [0.2, 0.25) is 0 Å². The van der Waals surface area contributed by atoms with Gasteiger partial charge in [-0.25, -0.2) is 0 Å². The number of nitrogens with zero attached hydrogens (tertiary/aromatic N) is 2. The summed E-state index contributed by atoms with van der Waals surface area (Å²) in [5.41, 5.74) is 0.828. The Labute approximate surface area is 130 Å². The van der Waals surface area contributed by atoms with E-state index in [9.17, 15) is 4.79 Å². The average molecular weight is 341 g/mol. The Morgan fingerprint density at radius 1 is 1.50 bits per heavy atom. The number of aryl methyl sites for hydroxylation is 1. The number of rotatable bonds is 7. The quantitative estimate of drug-likeness (QED) is 0.725. The van der Waals surface area contributed by atoms with Crippen LogP contribution in [-0.4, -0.2) is 28.0 Å². The van der Waals surface area contributed by atoms with E-state index >= 15 is 0 Å². The minimum atomic E-state index is 0.201. The molecule has 20 heavy (non-hydrogen) atoms. The standard InChI is InChI=1S/C16H25BrN2O/c1-4-8-18-11-13(17)10-15(18)16(20)19(14-5-6-14)9-7-12(2)3/h10-12,14H,4-9H2,1-3H3. The van der Waals surface area contributed by atoms with Crippen LogP contribution in [-0.2, 0) is 6.54 Å². The van der Waals surface area contributed by atoms with Gasteiger partial charge in [-0.15, -0.1) is 0 Å². The predicted octanol–water partition coefficient (Wildman–Crippen LogP) is 4.31. The van der Waals surface area contributed by atoms with Crippen molar-refractivity contribution in [2.24, 2.45) is 5.92 Å². The van der Waals surface area contributed by atoms with E-state index in [1.807, 2.05) is 12.3 Å². The van der Waals surface area contributed by atoms with E-state index < -0.39 is 0 Å². The molecule has 1 fully saturated rings. The third kappa shape index (κ3) is 3.87. The summed E-state index contributed by atoms with van der Waals surface area (Å²) in [5.74, 6) is 0.838. The lowest BCUT2D eigenvalue weighted by Gasteiger charge is -2.24. The molecule has 1 amide bonds. The number of aromatic nitrogens is 1. The van der Waals surface area contributed by atoms with E-state index in [4.69, 9.17) is 0 Å². The first-order chi connectivity index (χ1) is 9.52. The van der Waals surface area contributed by atoms with Crippen molar-refractivity contribution in [1.82, 2.24) is 9.47 Å². The molecule has 0 unspecified atom stereocenters. The Morgan fingerprint density at radius 2 is 2.20 bits per heavy atom. The molecule has 0 aromatic carbocycles. The van der Waals surface area contributed by atoms with E-state index in [0.29, 0.717) is 12.0 Å². The molecular formula is C16H25BrN2O. The highest BCUT2D eigenvalue weighted by atomic mass is 79.9. The van der Waals surface area contributed by atoms with Crippen molar-refractivity contribution in [3.8, 4) is 0 Å². The van der Waals surface area contributed by atoms with Gasteiger partial charge in [0.25, 0.3) is 5.91 Å². The second-order valence-corrected chi connectivity index (χ2v) is 7.06. The molecule has 4 heteroatoms. The second-order valence-electron chi connectivity index (χ2n) is 6.15. The highest BCUT2D eigenvalue weighted by Crippen LogP contribution is 2.29. The van der Waals surface area contributed by atoms with Gasteiger partial charge in [-0.3, -0.25) is 4.79 Å². The third-order valence-corrected chi connectivity index (χ3v) is 4.18. The number of amides is 1. The lowest BCUT2D eigenvalue weighted by atomic mass is 10.1. The van der Waals surface area contributed by atoms with Crippen molar-refractivity contribution in [3.63, 3.8) is 0 Å². The molecule has 1 heterocycles. The summed E-state index contributed by atoms with van der Waals surface area (Å²) < 4.78 is 3.07. The molecule has 0 atom stereocenters. The molecule has 2 rings (SSSR count). The molecule has 1 saturated carbocycles. The minimum Gasteiger partial charge on any atom is -0.342 e. The molecule has 1 aromatic heterocycles. The highest BCUT2D eigenvalue weighted by Gasteiger charge is 2.33. The molecule has 1 aliphatic rings. The van der Waals surface area contributed by atoms with Crippen molar-refractivity contribution in [2.75, 3.05) is 6.54 Å². The highest BCUT2D eigenvalue weighted by molar-refractivity contribution is 9.10. The van der Waals surface area contributed by atoms with Crippen LogP contribution in [0.2, 0.25) is 0 Å². The van der Waals surface area contributed by atoms with Crippen LogP contribution in [0.1, 0.15) is 56.9 Å². The predicted molar refractivity (Wildman–Crippen MR) is 85.9 cm³/mol. The topological polar surface area (TPSA) is 25.2 Å². The van der Waals surface area contributed by atoms with Gasteiger partial charge in [0.15, 0.2) is 0 Å². The fourth-order valence-corrected chi connectivity index (χ4v) is 2.92. The van der Waals surface area contributed by atoms with Crippen LogP contribution >= 0.6 is 15.9 Å². The van der Waals surface area contributed by atoms with E-state index in [-0.39, 0.29) is 5.91 Å². The van der Waals surface area contributed by atoms with Crippen molar-refractivity contribution in [3.05, 3.63) is 22.4 Å². The number of carbonyl (C=O) groups excluding carboxylic acids is 1. The molecule has 3 nitrogen and oxygen atoms in total. The maximum absolute atomic E-state index is 12.8. The summed E-state index contributed by atoms with van der Waals surface area (Å²) in [6.07, 6.45) is 6.47. The average Bonchev–Trinajstić information content (AvgIpc) is 3.14. The van der Waals surface area contributed by atoms with Crippen LogP contribution in [0.5, 0.6) is 0 Å². The lowest BCUT2D eigenvalue weighted by molar-refractivity contribution is 0.0724. The van der Waals surface area contributed by atoms with Crippen molar-refractivity contribution in [1.29, 1.82) is 0 Å². The van der Waals surface area contributed by atoms with Gasteiger partial charge < -0.3 is 9.47 Å². The first-order valence-corrected chi connectivity index (χ1v) is 8.48. The van der Waals surface area contributed by atoms with E-state index in [1.54, 1.807) is 0 Å². The number of hydrogen-bond donors (Lipinski definition) is 0. The molecule has 0 spiro atoms. The number of halogens is 1. The van der Waals surface area contributed by atoms with Gasteiger partial charge in [-0.05, 0) is 53.6 Å². The molecule has 1 aliphatic carbocycles. The zero-order valence-electron chi connectivity index (χ0n) is 12.7. The molecule has 0 aliphatic heterocycles. The van der Waals surface area contributed by atoms with Crippen LogP contribution in [0, 0.1) is 5.92 Å². The first kappa shape index (κ1) is 15.6. The Morgan fingerprint density at radius 3 is 2.75 bits per heavy atom. The van der Waals surface area contributed by atoms with Crippen molar-refractivity contribution in [2.45, 2.75) is 59.0 Å². The lowest BCUT2D eigenvalue weighted by Crippen LogP contribution is -2.35. The van der Waals surface area contributed by atoms with Gasteiger partial charge in [-0.2, -0.15) is 0 Å². The Hall–Kier alpha value is -0.770. The summed E-state index contributed by atoms with van der Waals surface area (Å²) in [6, 6.07) is 2.44. The van der Waals surface area contributed by atoms with Crippen LogP contribution in [0.15, 0.2) is 16.7 Å². The third-order valence-electron chi connectivity index (χ3n) is 3.74. The first-order valence-electron chi connectivity index (χ1n) is 7.69. The van der Waals surface area contributed by atoms with Crippen LogP contribution in [0.4, 0.5) is 0 Å². The normalized spacial score (nSPS) is 14.8. The SMILES string of the molecule is CCCn1cc(Br)cc1C(=O)N(CCC(C)C)C1CC1. The van der Waals surface area contributed by atoms with Gasteiger partial charge in [0, 0.05) is 29.8 Å².